The molecule has 21 nitrogen and oxygen atoms in total. The van der Waals surface area contributed by atoms with Gasteiger partial charge in [0.15, 0.2) is 0 Å². The molecule has 660 valence electrons. The Balaban J connectivity index is -0.0000000589. The minimum atomic E-state index is -4.72. The zero-order valence-corrected chi connectivity index (χ0v) is 144. The van der Waals surface area contributed by atoms with E-state index in [0.29, 0.717) is 17.6 Å². The zero-order chi connectivity index (χ0) is 88.4. The van der Waals surface area contributed by atoms with Crippen molar-refractivity contribution in [1.82, 2.24) is 0 Å². The van der Waals surface area contributed by atoms with E-state index in [-0.39, 0.29) is 83.8 Å². The van der Waals surface area contributed by atoms with E-state index in [0.717, 1.165) is 51.0 Å². The van der Waals surface area contributed by atoms with Crippen LogP contribution >= 0.6 is 11.6 Å². The largest absolute Gasteiger partial charge is 0.522 e. The molecular formula is C87H98ClF7NO20Rf11-11. The number of benzene rings is 5. The molecule has 5 aromatic carbocycles. The van der Waals surface area contributed by atoms with Gasteiger partial charge in [0.25, 0.3) is 0 Å². The molecule has 0 radical (unpaired) electrons. The van der Waals surface area contributed by atoms with Crippen LogP contribution in [0.4, 0.5) is 30.7 Å². The van der Waals surface area contributed by atoms with Crippen molar-refractivity contribution in [2.45, 2.75) is 44.4 Å². The van der Waals surface area contributed by atoms with E-state index >= 15 is 0 Å². The Morgan fingerprint density at radius 1 is 0.425 bits per heavy atom. The third kappa shape index (κ3) is 86.3. The number of nitrogens with zero attached hydrogens (tertiary/aromatic N) is 1. The monoisotopic (exact) mass is 4580 g/mol. The summed E-state index contributed by atoms with van der Waals surface area (Å²) in [5, 5.41) is 7.94. The first kappa shape index (κ1) is 152. The van der Waals surface area contributed by atoms with E-state index in [1.165, 1.54) is 11.1 Å². The van der Waals surface area contributed by atoms with Gasteiger partial charge in [-0.05, 0) is 81.3 Å². The quantitative estimate of drug-likeness (QED) is 0.0155. The summed E-state index contributed by atoms with van der Waals surface area (Å²) in [5.74, 6) is -12.3. The Bertz CT molecular complexity index is 3720. The third-order valence-corrected chi connectivity index (χ3v) is 11.5. The summed E-state index contributed by atoms with van der Waals surface area (Å²) < 4.78 is 124. The predicted molar refractivity (Wildman–Crippen MR) is 432 cm³/mol. The number of rotatable bonds is 22. The summed E-state index contributed by atoms with van der Waals surface area (Å²) in [4.78, 5) is 104. The third-order valence-electron chi connectivity index (χ3n) is 11.3. The number of esters is 10. The minimum absolute atomic E-state index is 0. The van der Waals surface area contributed by atoms with Gasteiger partial charge in [-0.1, -0.05) is 229 Å². The number of nitriles is 1. The molecule has 0 bridgehead atoms. The van der Waals surface area contributed by atoms with Gasteiger partial charge in [0.05, 0.1) is 25.9 Å². The van der Waals surface area contributed by atoms with Crippen molar-refractivity contribution in [3.05, 3.63) is 356 Å². The molecule has 0 aromatic heterocycles. The smallest absolute Gasteiger partial charge is 0.422 e. The van der Waals surface area contributed by atoms with Gasteiger partial charge in [-0.25, -0.2) is 43.2 Å². The van der Waals surface area contributed by atoms with E-state index in [2.05, 4.69) is 202 Å². The Kier molecular flexibility index (Phi) is 114. The van der Waals surface area contributed by atoms with E-state index in [1.54, 1.807) is 6.07 Å². The standard InChI is InChI=1S/C12H13O2.C12H10.C11H11O2.C9H12FO2.C6H6F3O2.C6H6NO2.C6H6.C5H6ClO2.C5H6FO2.C5H6O2.2C4H5FO2.2CH3.11Rf/c1-3-14-12(13)10(2)9-11-7-5-4-6-8-11;1-3-7-11(8-4-1)12-9-5-2-6-10-12;1-3-13-11(12)9(2)10-7-5-4-6-8-10;1-7(10)9(11)12-8-5-3-2-4-6-8;1-3-11-5(10)4(2)6(7,8)9;1-3-9-6(8)5(2)4-7;1-2-4-6-5-3-1;2*1-3-8-5(7)4(2)6;1-3-5(6)7-4-2;2*1-3(5)4(6)7-2;;;;;;;;;;;;;/h4-8H,1-3,9H2;1-10H;4-8H,1-3H2;2,8H,1,3-6H2;1-3H2;1-3H2;1-6H;2*1-3H2;1-2,4H2;2*1H2,2H3;2*1H3;;;;;;;;;;;/q-1;;4*-1;;2*-1;-2;;;2*-1;;;;;;;;;;;. The van der Waals surface area contributed by atoms with Gasteiger partial charge >= 0.3 is 59.9 Å². The first-order chi connectivity index (χ1) is 53.8. The van der Waals surface area contributed by atoms with Crippen LogP contribution in [0, 0.1) is 87.1 Å². The molecule has 0 spiro atoms. The molecule has 0 unspecified atom stereocenters. The van der Waals surface area contributed by atoms with Gasteiger partial charge in [0.1, 0.15) is 28.2 Å². The molecule has 6 rings (SSSR count). The summed E-state index contributed by atoms with van der Waals surface area (Å²) in [7, 11) is 2.18. The summed E-state index contributed by atoms with van der Waals surface area (Å²) in [5.41, 5.74) is 3.50. The summed E-state index contributed by atoms with van der Waals surface area (Å²) in [6, 6.07) is 53.2. The normalized spacial score (nSPS) is 8.85. The number of methoxy groups -OCH3 is 2. The minimum Gasteiger partial charge on any atom is -0.522 e. The number of hydrogen-bond donors (Lipinski definition) is 0. The van der Waals surface area contributed by atoms with Crippen LogP contribution in [-0.2, 0) is 102 Å². The first-order valence-electron chi connectivity index (χ1n) is 32.4. The molecule has 0 heterocycles. The maximum absolute atomic E-state index is 12.2. The molecule has 1 aliphatic carbocycles. The molecule has 0 atom stereocenters. The number of halogens is 8. The summed E-state index contributed by atoms with van der Waals surface area (Å²) in [6.07, 6.45) is 3.35. The van der Waals surface area contributed by atoms with Crippen molar-refractivity contribution in [3.8, 4) is 17.2 Å². The summed E-state index contributed by atoms with van der Waals surface area (Å²) >= 11 is 5.11. The zero-order valence-electron chi connectivity index (χ0n) is 73.1. The average Bonchev–Trinajstić information content (AvgIpc) is 0.900. The second kappa shape index (κ2) is 94.9. The molecule has 1 aliphatic rings. The van der Waals surface area contributed by atoms with Gasteiger partial charge < -0.3 is 123 Å². The van der Waals surface area contributed by atoms with Crippen LogP contribution in [0.2, 0.25) is 0 Å². The summed E-state index contributed by atoms with van der Waals surface area (Å²) in [6.45, 7) is 53.0. The fourth-order valence-electron chi connectivity index (χ4n) is 6.15. The molecule has 1 saturated carbocycles. The molecule has 5 aromatic rings. The number of alkyl halides is 3. The van der Waals surface area contributed by atoms with Gasteiger partial charge in [0.2, 0.25) is 23.3 Å². The van der Waals surface area contributed by atoms with Crippen molar-refractivity contribution in [1.29, 1.82) is 5.26 Å². The van der Waals surface area contributed by atoms with Crippen LogP contribution in [0.5, 0.6) is 0 Å². The van der Waals surface area contributed by atoms with Gasteiger partial charge in [0, 0.05) is 12.0 Å². The van der Waals surface area contributed by atoms with Gasteiger partial charge in [-0.3, -0.25) is 11.4 Å². The fraction of sp³-hybridized carbons (Fsp3) is 0.184. The van der Waals surface area contributed by atoms with Crippen molar-refractivity contribution < 1.29 is 126 Å². The van der Waals surface area contributed by atoms with Crippen LogP contribution < -0.4 is 0 Å². The van der Waals surface area contributed by atoms with E-state index in [9.17, 15) is 78.7 Å². The second-order valence-electron chi connectivity index (χ2n) is 19.7. The van der Waals surface area contributed by atoms with Crippen LogP contribution in [-0.4, -0.2) is 132 Å². The van der Waals surface area contributed by atoms with Crippen molar-refractivity contribution in [2.75, 3.05) is 60.5 Å². The molecule has 1 fully saturated rings. The molecule has 127 heavy (non-hydrogen) atoms. The van der Waals surface area contributed by atoms with Gasteiger partial charge in [-0.2, -0.15) is 48.8 Å². The molecule has 0 aliphatic heterocycles. The van der Waals surface area contributed by atoms with Gasteiger partial charge in [-0.15, -0.1) is 0 Å². The van der Waals surface area contributed by atoms with Crippen LogP contribution in [0.25, 0.3) is 16.7 Å². The maximum Gasteiger partial charge on any atom is 0.422 e. The van der Waals surface area contributed by atoms with E-state index in [1.807, 2.05) is 115 Å². The average molecular weight is 4580 g/mol. The molecule has 0 saturated heterocycles. The Morgan fingerprint density at radius 2 is 0.709 bits per heavy atom. The first-order valence-corrected chi connectivity index (χ1v) is 32.8. The van der Waals surface area contributed by atoms with E-state index in [4.69, 9.17) is 31.1 Å². The topological polar surface area (TPSA) is 287 Å². The number of carbonyl (C=O) groups excluding carboxylic acids is 10. The van der Waals surface area contributed by atoms with Crippen LogP contribution in [0.15, 0.2) is 269 Å². The number of carbonyl (C=O) groups is 10. The van der Waals surface area contributed by atoms with E-state index < -0.39 is 88.8 Å². The molecule has 0 N–H and O–H groups in total. The SMILES string of the molecule is C=C(C#N)C(=O)OC[CH2-].C=C(C(=O)OC[CH2-])C(F)(F)F.C=C(C(=O)OC[CH2-])c1ccccc1.C=C(Cc1ccccc1)C(=O)OC[CH2-].C=C(Cl)C(=O)OC[CH2-].C=C(F)C(=O)OC.C=C(F)C(=O)OC.C=C(F)C(=O)OC1CC[CH-]CC1.C=C(F)C(=O)OC[CH2-].C=[C-]C(=O)OC[CH2-].[CH3-].[CH3-].[Rf].[Rf].[Rf].[Rf].[Rf].[Rf].[Rf].[Rf].[Rf].[Rf].[Rf].c1ccc(-c2ccccc2)cc1.c1ccccc1. The predicted octanol–water partition coefficient (Wildman–Crippen LogP) is 17.9. The van der Waals surface area contributed by atoms with Crippen molar-refractivity contribution in [2.24, 2.45) is 0 Å². The van der Waals surface area contributed by atoms with Crippen molar-refractivity contribution in [3.63, 3.8) is 0 Å². The molecular weight excluding hydrogens is 4480 g/mol. The van der Waals surface area contributed by atoms with Crippen molar-refractivity contribution >= 4 is 76.9 Å². The number of hydrogen-bond acceptors (Lipinski definition) is 21. The Labute approximate surface area is 682 Å². The van der Waals surface area contributed by atoms with Crippen LogP contribution in [0.1, 0.15) is 36.8 Å². The fourth-order valence-corrected chi connectivity index (χ4v) is 6.20. The maximum atomic E-state index is 12.2. The number of ether oxygens (including phenoxy) is 10. The second-order valence-corrected chi connectivity index (χ2v) is 20.1. The Hall–Kier alpha value is -23.5. The molecule has 0 amide bonds. The molecule has 40 heteroatoms. The van der Waals surface area contributed by atoms with Crippen LogP contribution in [0.3, 0.4) is 0 Å². The Morgan fingerprint density at radius 3 is 0.969 bits per heavy atom.